The highest BCUT2D eigenvalue weighted by Gasteiger charge is 2.29. The van der Waals surface area contributed by atoms with Crippen LogP contribution >= 0.6 is 0 Å². The third-order valence-corrected chi connectivity index (χ3v) is 5.38. The maximum Gasteiger partial charge on any atom is 0.270 e. The number of hydrogen-bond donors (Lipinski definition) is 1. The van der Waals surface area contributed by atoms with E-state index in [-0.39, 0.29) is 5.91 Å². The van der Waals surface area contributed by atoms with Gasteiger partial charge in [-0.1, -0.05) is 18.2 Å². The van der Waals surface area contributed by atoms with Crippen LogP contribution in [0.5, 0.6) is 0 Å². The molecule has 5 nitrogen and oxygen atoms in total. The summed E-state index contributed by atoms with van der Waals surface area (Å²) in [6, 6.07) is 8.18. The number of para-hydroxylation sites is 1. The van der Waals surface area contributed by atoms with E-state index in [1.54, 1.807) is 4.90 Å². The summed E-state index contributed by atoms with van der Waals surface area (Å²) in [7, 11) is 1.86. The van der Waals surface area contributed by atoms with Crippen molar-refractivity contribution in [3.8, 4) is 0 Å². The number of carbonyl (C=O) groups excluding carboxylic acids is 1. The molecule has 2 aliphatic heterocycles. The number of likely N-dealkylation sites (tertiary alicyclic amines) is 1. The highest BCUT2D eigenvalue weighted by atomic mass is 16.3. The van der Waals surface area contributed by atoms with Gasteiger partial charge in [-0.2, -0.15) is 0 Å². The number of nitrogens with zero attached hydrogens (tertiary/aromatic N) is 3. The van der Waals surface area contributed by atoms with Crippen molar-refractivity contribution < 1.29 is 9.90 Å². The zero-order chi connectivity index (χ0) is 16.7. The summed E-state index contributed by atoms with van der Waals surface area (Å²) in [4.78, 5) is 16.8. The Morgan fingerprint density at radius 1 is 1.12 bits per heavy atom. The van der Waals surface area contributed by atoms with E-state index in [1.807, 2.05) is 23.7 Å². The third kappa shape index (κ3) is 2.62. The first-order valence-electron chi connectivity index (χ1n) is 8.91. The molecular formula is C19H25N3O2. The van der Waals surface area contributed by atoms with Gasteiger partial charge in [0.2, 0.25) is 0 Å². The Bertz CT molecular complexity index is 761. The predicted octanol–water partition coefficient (Wildman–Crippen LogP) is 1.73. The predicted molar refractivity (Wildman–Crippen MR) is 94.3 cm³/mol. The maximum absolute atomic E-state index is 12.7. The number of β-amino-alcohol motifs (C(OH)–C–C–N with tert-alkyl or cyclic N) is 1. The molecule has 1 aromatic heterocycles. The molecule has 1 saturated heterocycles. The van der Waals surface area contributed by atoms with Gasteiger partial charge >= 0.3 is 0 Å². The van der Waals surface area contributed by atoms with Gasteiger partial charge in [0, 0.05) is 31.0 Å². The Balaban J connectivity index is 1.70. The lowest BCUT2D eigenvalue weighted by Crippen LogP contribution is -2.37. The van der Waals surface area contributed by atoms with Gasteiger partial charge in [0.15, 0.2) is 0 Å². The van der Waals surface area contributed by atoms with Gasteiger partial charge in [0.25, 0.3) is 5.91 Å². The molecule has 4 rings (SSSR count). The van der Waals surface area contributed by atoms with E-state index in [0.717, 1.165) is 48.2 Å². The molecule has 128 valence electrons. The number of carbonyl (C=O) groups is 1. The summed E-state index contributed by atoms with van der Waals surface area (Å²) in [6.07, 6.45) is 2.87. The van der Waals surface area contributed by atoms with Crippen LogP contribution < -0.4 is 0 Å². The lowest BCUT2D eigenvalue weighted by Gasteiger charge is -2.26. The number of hydrogen-bond acceptors (Lipinski definition) is 3. The lowest BCUT2D eigenvalue weighted by atomic mass is 10.0. The van der Waals surface area contributed by atoms with Crippen molar-refractivity contribution in [2.45, 2.75) is 31.9 Å². The number of benzene rings is 1. The van der Waals surface area contributed by atoms with Gasteiger partial charge < -0.3 is 19.5 Å². The van der Waals surface area contributed by atoms with Gasteiger partial charge in [-0.3, -0.25) is 4.79 Å². The highest BCUT2D eigenvalue weighted by molar-refractivity contribution is 6.02. The first-order chi connectivity index (χ1) is 11.6. The fourth-order valence-electron chi connectivity index (χ4n) is 4.16. The van der Waals surface area contributed by atoms with E-state index in [1.165, 1.54) is 12.8 Å². The summed E-state index contributed by atoms with van der Waals surface area (Å²) in [5.74, 6) is 0.0702. The highest BCUT2D eigenvalue weighted by Crippen LogP contribution is 2.30. The molecule has 0 saturated carbocycles. The van der Waals surface area contributed by atoms with Crippen LogP contribution in [-0.4, -0.2) is 64.7 Å². The standard InChI is InChI=1S/C19H25N3O2/c1-20-11-8-16-15-6-2-3-7-17(15)22(18(16)19(20)24)13-14(23)12-21-9-4-5-10-21/h2-3,6-7,14,23H,4-5,8-13H2,1H3/t14-/m1/s1. The third-order valence-electron chi connectivity index (χ3n) is 5.38. The fourth-order valence-corrected chi connectivity index (χ4v) is 4.16. The molecule has 0 spiro atoms. The maximum atomic E-state index is 12.7. The van der Waals surface area contributed by atoms with Crippen molar-refractivity contribution in [2.75, 3.05) is 33.2 Å². The molecule has 5 heteroatoms. The summed E-state index contributed by atoms with van der Waals surface area (Å²) < 4.78 is 2.05. The monoisotopic (exact) mass is 327 g/mol. The fraction of sp³-hybridized carbons (Fsp3) is 0.526. The number of aliphatic hydroxyl groups is 1. The van der Waals surface area contributed by atoms with Gasteiger partial charge in [0.05, 0.1) is 12.6 Å². The molecule has 0 radical (unpaired) electrons. The second kappa shape index (κ2) is 6.22. The second-order valence-corrected chi connectivity index (χ2v) is 7.09. The second-order valence-electron chi connectivity index (χ2n) is 7.09. The minimum Gasteiger partial charge on any atom is -0.390 e. The van der Waals surface area contributed by atoms with Gasteiger partial charge in [-0.15, -0.1) is 0 Å². The molecule has 2 aromatic rings. The van der Waals surface area contributed by atoms with E-state index >= 15 is 0 Å². The SMILES string of the molecule is CN1CCc2c(n(C[C@H](O)CN3CCCC3)c3ccccc23)C1=O. The number of aromatic nitrogens is 1. The topological polar surface area (TPSA) is 48.7 Å². The molecule has 1 fully saturated rings. The van der Waals surface area contributed by atoms with Gasteiger partial charge in [-0.05, 0) is 44.0 Å². The van der Waals surface area contributed by atoms with Crippen molar-refractivity contribution in [2.24, 2.45) is 0 Å². The van der Waals surface area contributed by atoms with Crippen LogP contribution in [0.25, 0.3) is 10.9 Å². The number of fused-ring (bicyclic) bond motifs is 3. The van der Waals surface area contributed by atoms with E-state index in [0.29, 0.717) is 13.1 Å². The number of rotatable bonds is 4. The molecule has 2 aliphatic rings. The summed E-state index contributed by atoms with van der Waals surface area (Å²) in [5.41, 5.74) is 2.97. The van der Waals surface area contributed by atoms with Crippen LogP contribution in [0.1, 0.15) is 28.9 Å². The average Bonchev–Trinajstić information content (AvgIpc) is 3.18. The molecule has 1 aromatic carbocycles. The zero-order valence-electron chi connectivity index (χ0n) is 14.2. The van der Waals surface area contributed by atoms with Crippen LogP contribution in [0.4, 0.5) is 0 Å². The van der Waals surface area contributed by atoms with Gasteiger partial charge in [-0.25, -0.2) is 0 Å². The Labute approximate surface area is 142 Å². The van der Waals surface area contributed by atoms with Crippen LogP contribution in [0, 0.1) is 0 Å². The Morgan fingerprint density at radius 3 is 2.67 bits per heavy atom. The molecular weight excluding hydrogens is 302 g/mol. The van der Waals surface area contributed by atoms with E-state index in [2.05, 4.69) is 17.0 Å². The molecule has 0 aliphatic carbocycles. The van der Waals surface area contributed by atoms with E-state index < -0.39 is 6.10 Å². The normalized spacial score (nSPS) is 19.9. The van der Waals surface area contributed by atoms with Crippen LogP contribution in [0.3, 0.4) is 0 Å². The van der Waals surface area contributed by atoms with E-state index in [4.69, 9.17) is 0 Å². The number of likely N-dealkylation sites (N-methyl/N-ethyl adjacent to an activating group) is 1. The zero-order valence-corrected chi connectivity index (χ0v) is 14.2. The first-order valence-corrected chi connectivity index (χ1v) is 8.91. The van der Waals surface area contributed by atoms with Crippen molar-refractivity contribution >= 4 is 16.8 Å². The average molecular weight is 327 g/mol. The first kappa shape index (κ1) is 15.7. The minimum absolute atomic E-state index is 0.0702. The largest absolute Gasteiger partial charge is 0.390 e. The smallest absolute Gasteiger partial charge is 0.270 e. The summed E-state index contributed by atoms with van der Waals surface area (Å²) >= 11 is 0. The minimum atomic E-state index is -0.456. The molecule has 0 bridgehead atoms. The molecule has 1 amide bonds. The van der Waals surface area contributed by atoms with Crippen LogP contribution in [0.15, 0.2) is 24.3 Å². The number of aliphatic hydroxyl groups excluding tert-OH is 1. The van der Waals surface area contributed by atoms with Crippen LogP contribution in [0.2, 0.25) is 0 Å². The van der Waals surface area contributed by atoms with Gasteiger partial charge in [0.1, 0.15) is 5.69 Å². The van der Waals surface area contributed by atoms with Crippen molar-refractivity contribution in [3.05, 3.63) is 35.5 Å². The van der Waals surface area contributed by atoms with Crippen molar-refractivity contribution in [1.82, 2.24) is 14.4 Å². The molecule has 24 heavy (non-hydrogen) atoms. The number of amides is 1. The van der Waals surface area contributed by atoms with Crippen LogP contribution in [-0.2, 0) is 13.0 Å². The summed E-state index contributed by atoms with van der Waals surface area (Å²) in [6.45, 7) is 4.07. The van der Waals surface area contributed by atoms with Crippen molar-refractivity contribution in [1.29, 1.82) is 0 Å². The Hall–Kier alpha value is -1.85. The molecule has 0 unspecified atom stereocenters. The Morgan fingerprint density at radius 2 is 1.88 bits per heavy atom. The van der Waals surface area contributed by atoms with E-state index in [9.17, 15) is 9.90 Å². The summed E-state index contributed by atoms with van der Waals surface area (Å²) in [5, 5.41) is 11.8. The van der Waals surface area contributed by atoms with Crippen molar-refractivity contribution in [3.63, 3.8) is 0 Å². The molecule has 1 atom stereocenters. The lowest BCUT2D eigenvalue weighted by molar-refractivity contribution is 0.0757. The molecule has 1 N–H and O–H groups in total. The Kier molecular flexibility index (Phi) is 4.06. The quantitative estimate of drug-likeness (QED) is 0.930. The molecule has 3 heterocycles.